The van der Waals surface area contributed by atoms with Crippen molar-refractivity contribution >= 4 is 35.6 Å². The number of hydrogen-bond donors (Lipinski definition) is 7. The number of carbonyl (C=O) groups excluding carboxylic acids is 4. The Hall–Kier alpha value is -4.00. The van der Waals surface area contributed by atoms with Crippen molar-refractivity contribution in [2.45, 2.75) is 63.7 Å². The Morgan fingerprint density at radius 1 is 0.861 bits per heavy atom. The lowest BCUT2D eigenvalue weighted by Gasteiger charge is -2.27. The first-order valence-electron chi connectivity index (χ1n) is 11.2. The molecule has 1 aromatic carbocycles. The van der Waals surface area contributed by atoms with E-state index in [2.05, 4.69) is 16.0 Å². The number of hydrogen-bond acceptors (Lipinski definition) is 7. The van der Waals surface area contributed by atoms with Gasteiger partial charge >= 0.3 is 11.9 Å². The van der Waals surface area contributed by atoms with Gasteiger partial charge in [0, 0.05) is 6.42 Å². The molecule has 0 spiro atoms. The van der Waals surface area contributed by atoms with E-state index in [9.17, 15) is 33.9 Å². The zero-order valence-corrected chi connectivity index (χ0v) is 20.1. The number of rotatable bonds is 15. The molecular weight excluding hydrogens is 474 g/mol. The van der Waals surface area contributed by atoms with Crippen LogP contribution in [0.3, 0.4) is 0 Å². The van der Waals surface area contributed by atoms with Gasteiger partial charge in [0.15, 0.2) is 0 Å². The van der Waals surface area contributed by atoms with Crippen LogP contribution in [0.1, 0.15) is 38.7 Å². The molecule has 0 aliphatic rings. The first kappa shape index (κ1) is 30.0. The SMILES string of the molecule is CC(C)C(NC(=O)C(CCC(=O)O)NC(=O)C(N)Cc1ccccc1)C(=O)NC(CC(N)=O)C(=O)O. The summed E-state index contributed by atoms with van der Waals surface area (Å²) in [6.45, 7) is 3.16. The maximum absolute atomic E-state index is 13.0. The van der Waals surface area contributed by atoms with Gasteiger partial charge in [0.25, 0.3) is 0 Å². The second-order valence-corrected chi connectivity index (χ2v) is 8.59. The lowest BCUT2D eigenvalue weighted by Crippen LogP contribution is -2.58. The molecule has 198 valence electrons. The summed E-state index contributed by atoms with van der Waals surface area (Å²) >= 11 is 0. The third kappa shape index (κ3) is 10.5. The molecule has 36 heavy (non-hydrogen) atoms. The molecule has 0 saturated heterocycles. The van der Waals surface area contributed by atoms with E-state index in [-0.39, 0.29) is 12.8 Å². The highest BCUT2D eigenvalue weighted by Crippen LogP contribution is 2.08. The van der Waals surface area contributed by atoms with Crippen LogP contribution in [0.2, 0.25) is 0 Å². The number of nitrogens with one attached hydrogen (secondary N) is 3. The minimum atomic E-state index is -1.60. The van der Waals surface area contributed by atoms with Crippen molar-refractivity contribution in [1.82, 2.24) is 16.0 Å². The normalized spacial score (nSPS) is 14.1. The highest BCUT2D eigenvalue weighted by Gasteiger charge is 2.32. The van der Waals surface area contributed by atoms with Crippen LogP contribution in [0.4, 0.5) is 0 Å². The fourth-order valence-electron chi connectivity index (χ4n) is 3.23. The molecule has 4 atom stereocenters. The van der Waals surface area contributed by atoms with Crippen molar-refractivity contribution in [1.29, 1.82) is 0 Å². The third-order valence-corrected chi connectivity index (χ3v) is 5.18. The molecule has 0 radical (unpaired) electrons. The summed E-state index contributed by atoms with van der Waals surface area (Å²) in [6, 6.07) is 3.69. The maximum Gasteiger partial charge on any atom is 0.326 e. The molecule has 0 bridgehead atoms. The number of carboxylic acid groups (broad SMARTS) is 2. The molecule has 13 heteroatoms. The summed E-state index contributed by atoms with van der Waals surface area (Å²) in [5, 5.41) is 25.3. The third-order valence-electron chi connectivity index (χ3n) is 5.18. The van der Waals surface area contributed by atoms with Crippen LogP contribution in [-0.2, 0) is 35.2 Å². The number of carboxylic acids is 2. The molecule has 1 rings (SSSR count). The average Bonchev–Trinajstić information content (AvgIpc) is 2.79. The van der Waals surface area contributed by atoms with E-state index < -0.39 is 78.5 Å². The molecule has 0 aromatic heterocycles. The predicted molar refractivity (Wildman–Crippen MR) is 127 cm³/mol. The van der Waals surface area contributed by atoms with Crippen LogP contribution < -0.4 is 27.4 Å². The van der Waals surface area contributed by atoms with Gasteiger partial charge in [-0.05, 0) is 24.3 Å². The highest BCUT2D eigenvalue weighted by atomic mass is 16.4. The molecule has 0 fully saturated rings. The molecule has 0 saturated carbocycles. The Labute approximate surface area is 208 Å². The topological polar surface area (TPSA) is 231 Å². The zero-order chi connectivity index (χ0) is 27.4. The fourth-order valence-corrected chi connectivity index (χ4v) is 3.23. The number of aliphatic carboxylic acids is 2. The lowest BCUT2D eigenvalue weighted by atomic mass is 10.0. The van der Waals surface area contributed by atoms with Crippen molar-refractivity contribution in [3.8, 4) is 0 Å². The van der Waals surface area contributed by atoms with Gasteiger partial charge in [0.2, 0.25) is 23.6 Å². The molecule has 0 aliphatic heterocycles. The van der Waals surface area contributed by atoms with Crippen LogP contribution in [0.25, 0.3) is 0 Å². The molecule has 1 aromatic rings. The first-order chi connectivity index (χ1) is 16.8. The van der Waals surface area contributed by atoms with Crippen LogP contribution in [0, 0.1) is 5.92 Å². The Bertz CT molecular complexity index is 953. The summed E-state index contributed by atoms with van der Waals surface area (Å²) in [6.07, 6.45) is -1.22. The van der Waals surface area contributed by atoms with Crippen molar-refractivity contribution in [2.24, 2.45) is 17.4 Å². The van der Waals surface area contributed by atoms with Gasteiger partial charge in [0.05, 0.1) is 12.5 Å². The Morgan fingerprint density at radius 2 is 1.44 bits per heavy atom. The van der Waals surface area contributed by atoms with Crippen LogP contribution >= 0.6 is 0 Å². The quantitative estimate of drug-likeness (QED) is 0.146. The van der Waals surface area contributed by atoms with Crippen molar-refractivity contribution in [2.75, 3.05) is 0 Å². The van der Waals surface area contributed by atoms with E-state index in [0.29, 0.717) is 0 Å². The first-order valence-corrected chi connectivity index (χ1v) is 11.2. The van der Waals surface area contributed by atoms with E-state index in [1.165, 1.54) is 0 Å². The van der Waals surface area contributed by atoms with Crippen molar-refractivity contribution < 1.29 is 39.0 Å². The largest absolute Gasteiger partial charge is 0.481 e. The summed E-state index contributed by atoms with van der Waals surface area (Å²) in [5.41, 5.74) is 11.8. The van der Waals surface area contributed by atoms with Gasteiger partial charge in [-0.2, -0.15) is 0 Å². The molecule has 0 aliphatic carbocycles. The Balaban J connectivity index is 2.96. The second kappa shape index (κ2) is 14.4. The van der Waals surface area contributed by atoms with Gasteiger partial charge in [0.1, 0.15) is 18.1 Å². The van der Waals surface area contributed by atoms with Gasteiger partial charge in [-0.25, -0.2) is 4.79 Å². The van der Waals surface area contributed by atoms with E-state index in [0.717, 1.165) is 5.56 Å². The minimum Gasteiger partial charge on any atom is -0.481 e. The van der Waals surface area contributed by atoms with E-state index >= 15 is 0 Å². The lowest BCUT2D eigenvalue weighted by molar-refractivity contribution is -0.144. The zero-order valence-electron chi connectivity index (χ0n) is 20.1. The van der Waals surface area contributed by atoms with Gasteiger partial charge in [-0.1, -0.05) is 44.2 Å². The number of nitrogens with two attached hydrogens (primary N) is 2. The Kier molecular flexibility index (Phi) is 12.0. The number of carbonyl (C=O) groups is 6. The van der Waals surface area contributed by atoms with Gasteiger partial charge in [-0.15, -0.1) is 0 Å². The molecule has 4 unspecified atom stereocenters. The monoisotopic (exact) mass is 507 g/mol. The smallest absolute Gasteiger partial charge is 0.326 e. The summed E-state index contributed by atoms with van der Waals surface area (Å²) in [5.74, 6) is -6.62. The minimum absolute atomic E-state index is 0.174. The molecule has 4 amide bonds. The van der Waals surface area contributed by atoms with Crippen molar-refractivity contribution in [3.63, 3.8) is 0 Å². The van der Waals surface area contributed by atoms with Crippen LogP contribution in [0.15, 0.2) is 30.3 Å². The van der Waals surface area contributed by atoms with E-state index in [1.54, 1.807) is 44.2 Å². The van der Waals surface area contributed by atoms with E-state index in [4.69, 9.17) is 16.6 Å². The predicted octanol–water partition coefficient (Wildman–Crippen LogP) is -1.51. The second-order valence-electron chi connectivity index (χ2n) is 8.59. The molecule has 9 N–H and O–H groups in total. The van der Waals surface area contributed by atoms with Crippen molar-refractivity contribution in [3.05, 3.63) is 35.9 Å². The molecule has 13 nitrogen and oxygen atoms in total. The number of amides is 4. The van der Waals surface area contributed by atoms with Crippen LogP contribution in [-0.4, -0.2) is 69.9 Å². The molecule has 0 heterocycles. The highest BCUT2D eigenvalue weighted by molar-refractivity contribution is 5.95. The molecular formula is C23H33N5O8. The maximum atomic E-state index is 13.0. The van der Waals surface area contributed by atoms with Gasteiger partial charge in [-0.3, -0.25) is 24.0 Å². The average molecular weight is 508 g/mol. The van der Waals surface area contributed by atoms with Crippen LogP contribution in [0.5, 0.6) is 0 Å². The standard InChI is InChI=1S/C23H33N5O8/c1-12(2)19(22(34)27-16(23(35)36)11-17(25)29)28-21(33)15(8-9-18(30)31)26-20(32)14(24)10-13-6-4-3-5-7-13/h3-7,12,14-16,19H,8-11,24H2,1-2H3,(H2,25,29)(H,26,32)(H,27,34)(H,28,33)(H,30,31)(H,35,36). The summed E-state index contributed by atoms with van der Waals surface area (Å²) < 4.78 is 0. The van der Waals surface area contributed by atoms with E-state index in [1.807, 2.05) is 0 Å². The fraction of sp³-hybridized carbons (Fsp3) is 0.478. The Morgan fingerprint density at radius 3 is 1.94 bits per heavy atom. The number of primary amides is 1. The van der Waals surface area contributed by atoms with Gasteiger partial charge < -0.3 is 37.6 Å². The summed E-state index contributed by atoms with van der Waals surface area (Å²) in [7, 11) is 0. The summed E-state index contributed by atoms with van der Waals surface area (Å²) in [4.78, 5) is 71.8. The number of benzene rings is 1.